The molecule has 1 unspecified atom stereocenters. The van der Waals surface area contributed by atoms with E-state index in [-0.39, 0.29) is 18.3 Å². The van der Waals surface area contributed by atoms with E-state index >= 15 is 0 Å². The van der Waals surface area contributed by atoms with Gasteiger partial charge in [0.1, 0.15) is 5.54 Å². The van der Waals surface area contributed by atoms with Gasteiger partial charge in [-0.2, -0.15) is 0 Å². The molecule has 1 aliphatic rings. The van der Waals surface area contributed by atoms with Gasteiger partial charge < -0.3 is 9.63 Å². The van der Waals surface area contributed by atoms with Gasteiger partial charge in [0.15, 0.2) is 0 Å². The summed E-state index contributed by atoms with van der Waals surface area (Å²) in [6, 6.07) is 1.61. The molecule has 1 aromatic rings. The average Bonchev–Trinajstić information content (AvgIpc) is 2.87. The zero-order valence-electron chi connectivity index (χ0n) is 11.0. The van der Waals surface area contributed by atoms with E-state index in [1.165, 1.54) is 0 Å². The third-order valence-electron chi connectivity index (χ3n) is 3.48. The zero-order valence-corrected chi connectivity index (χ0v) is 11.0. The van der Waals surface area contributed by atoms with Crippen LogP contribution in [0.3, 0.4) is 0 Å². The number of aromatic nitrogens is 1. The Bertz CT molecular complexity index is 499. The lowest BCUT2D eigenvalue weighted by Gasteiger charge is -2.30. The largest absolute Gasteiger partial charge is 0.480 e. The van der Waals surface area contributed by atoms with Gasteiger partial charge in [0, 0.05) is 6.07 Å². The molecule has 1 fully saturated rings. The lowest BCUT2D eigenvalue weighted by molar-refractivity contribution is -0.149. The molecular formula is C12H17N3O4. The number of likely N-dealkylation sites (tertiary alicyclic amines) is 1. The highest BCUT2D eigenvalue weighted by molar-refractivity contribution is 5.91. The molecule has 1 atom stereocenters. The summed E-state index contributed by atoms with van der Waals surface area (Å²) in [4.78, 5) is 24.8. The van der Waals surface area contributed by atoms with Gasteiger partial charge >= 0.3 is 5.97 Å². The van der Waals surface area contributed by atoms with Crippen LogP contribution in [0, 0.1) is 6.92 Å². The van der Waals surface area contributed by atoms with Crippen molar-refractivity contribution in [3.63, 3.8) is 0 Å². The quantitative estimate of drug-likeness (QED) is 0.840. The minimum absolute atomic E-state index is 0.0303. The molecule has 1 amide bonds. The second kappa shape index (κ2) is 5.00. The van der Waals surface area contributed by atoms with E-state index in [0.717, 1.165) is 6.42 Å². The summed E-state index contributed by atoms with van der Waals surface area (Å²) in [5.41, 5.74) is -0.291. The van der Waals surface area contributed by atoms with Gasteiger partial charge in [0.2, 0.25) is 11.8 Å². The van der Waals surface area contributed by atoms with Crippen LogP contribution < -0.4 is 5.32 Å². The number of carboxylic acid groups (broad SMARTS) is 1. The smallest absolute Gasteiger partial charge is 0.323 e. The lowest BCUT2D eigenvalue weighted by atomic mass is 9.99. The molecule has 7 heteroatoms. The fraction of sp³-hybridized carbons (Fsp3) is 0.583. The molecule has 0 aliphatic carbocycles. The average molecular weight is 267 g/mol. The Labute approximate surface area is 110 Å². The molecule has 0 aromatic carbocycles. The molecule has 2 N–H and O–H groups in total. The molecule has 0 spiro atoms. The van der Waals surface area contributed by atoms with Crippen molar-refractivity contribution in [3.05, 3.63) is 11.8 Å². The first-order valence-electron chi connectivity index (χ1n) is 6.13. The number of nitrogens with zero attached hydrogens (tertiary/aromatic N) is 2. The number of rotatable bonds is 4. The summed E-state index contributed by atoms with van der Waals surface area (Å²) >= 11 is 0. The lowest BCUT2D eigenvalue weighted by Crippen LogP contribution is -2.50. The first kappa shape index (κ1) is 13.5. The molecule has 104 valence electrons. The summed E-state index contributed by atoms with van der Waals surface area (Å²) < 4.78 is 4.88. The van der Waals surface area contributed by atoms with E-state index in [4.69, 9.17) is 4.52 Å². The van der Waals surface area contributed by atoms with E-state index in [9.17, 15) is 14.7 Å². The SMILES string of the molecule is Cc1cc(NC(=O)CN2CCCC2(C)C(=O)O)on1. The molecule has 1 aromatic heterocycles. The minimum atomic E-state index is -0.964. The summed E-state index contributed by atoms with van der Waals surface area (Å²) in [7, 11) is 0. The number of aryl methyl sites for hydroxylation is 1. The Morgan fingerprint density at radius 1 is 1.63 bits per heavy atom. The second-order valence-electron chi connectivity index (χ2n) is 4.98. The molecular weight excluding hydrogens is 250 g/mol. The predicted octanol–water partition coefficient (Wildman–Crippen LogP) is 0.861. The third kappa shape index (κ3) is 2.76. The number of anilines is 1. The summed E-state index contributed by atoms with van der Waals surface area (Å²) in [6.45, 7) is 4.03. The molecule has 1 aliphatic heterocycles. The van der Waals surface area contributed by atoms with Crippen molar-refractivity contribution in [2.24, 2.45) is 0 Å². The van der Waals surface area contributed by atoms with Crippen molar-refractivity contribution < 1.29 is 19.2 Å². The van der Waals surface area contributed by atoms with Gasteiger partial charge in [-0.1, -0.05) is 5.16 Å². The Morgan fingerprint density at radius 2 is 2.37 bits per heavy atom. The highest BCUT2D eigenvalue weighted by Crippen LogP contribution is 2.28. The number of nitrogens with one attached hydrogen (secondary N) is 1. The van der Waals surface area contributed by atoms with Crippen LogP contribution in [0.2, 0.25) is 0 Å². The van der Waals surface area contributed by atoms with Crippen LogP contribution in [0.15, 0.2) is 10.6 Å². The van der Waals surface area contributed by atoms with Gasteiger partial charge in [-0.15, -0.1) is 0 Å². The number of carboxylic acids is 1. The highest BCUT2D eigenvalue weighted by Gasteiger charge is 2.43. The number of carbonyl (C=O) groups excluding carboxylic acids is 1. The van der Waals surface area contributed by atoms with Crippen molar-refractivity contribution in [3.8, 4) is 0 Å². The molecule has 2 heterocycles. The topological polar surface area (TPSA) is 95.7 Å². The van der Waals surface area contributed by atoms with Crippen LogP contribution in [0.1, 0.15) is 25.5 Å². The van der Waals surface area contributed by atoms with Gasteiger partial charge in [0.05, 0.1) is 12.2 Å². The Balaban J connectivity index is 1.97. The maximum atomic E-state index is 11.9. The van der Waals surface area contributed by atoms with E-state index in [0.29, 0.717) is 18.7 Å². The molecule has 1 saturated heterocycles. The van der Waals surface area contributed by atoms with Crippen molar-refractivity contribution in [1.29, 1.82) is 0 Å². The van der Waals surface area contributed by atoms with Gasteiger partial charge in [0.25, 0.3) is 0 Å². The summed E-state index contributed by atoms with van der Waals surface area (Å²) in [5.74, 6) is -0.919. The van der Waals surface area contributed by atoms with Crippen LogP contribution in [0.4, 0.5) is 5.88 Å². The summed E-state index contributed by atoms with van der Waals surface area (Å²) in [5, 5.41) is 15.5. The Hall–Kier alpha value is -1.89. The number of aliphatic carboxylic acids is 1. The van der Waals surface area contributed by atoms with Crippen LogP contribution in [-0.4, -0.2) is 45.7 Å². The molecule has 7 nitrogen and oxygen atoms in total. The number of hydrogen-bond donors (Lipinski definition) is 2. The van der Waals surface area contributed by atoms with Crippen LogP contribution in [-0.2, 0) is 9.59 Å². The van der Waals surface area contributed by atoms with Crippen molar-refractivity contribution in [2.75, 3.05) is 18.4 Å². The third-order valence-corrected chi connectivity index (χ3v) is 3.48. The monoisotopic (exact) mass is 267 g/mol. The number of amides is 1. The fourth-order valence-electron chi connectivity index (χ4n) is 2.29. The van der Waals surface area contributed by atoms with E-state index in [1.54, 1.807) is 24.8 Å². The van der Waals surface area contributed by atoms with Crippen molar-refractivity contribution in [1.82, 2.24) is 10.1 Å². The Kier molecular flexibility index (Phi) is 3.57. The summed E-state index contributed by atoms with van der Waals surface area (Å²) in [6.07, 6.45) is 1.33. The van der Waals surface area contributed by atoms with Crippen molar-refractivity contribution in [2.45, 2.75) is 32.2 Å². The molecule has 19 heavy (non-hydrogen) atoms. The van der Waals surface area contributed by atoms with Crippen LogP contribution >= 0.6 is 0 Å². The molecule has 0 bridgehead atoms. The number of carbonyl (C=O) groups is 2. The second-order valence-corrected chi connectivity index (χ2v) is 4.98. The highest BCUT2D eigenvalue weighted by atomic mass is 16.5. The van der Waals surface area contributed by atoms with Gasteiger partial charge in [-0.05, 0) is 33.2 Å². The van der Waals surface area contributed by atoms with Crippen LogP contribution in [0.25, 0.3) is 0 Å². The Morgan fingerprint density at radius 3 is 2.95 bits per heavy atom. The van der Waals surface area contributed by atoms with Crippen molar-refractivity contribution >= 4 is 17.8 Å². The normalized spacial score (nSPS) is 23.5. The fourth-order valence-corrected chi connectivity index (χ4v) is 2.29. The number of hydrogen-bond acceptors (Lipinski definition) is 5. The maximum absolute atomic E-state index is 11.9. The van der Waals surface area contributed by atoms with Gasteiger partial charge in [-0.3, -0.25) is 19.8 Å². The molecule has 2 rings (SSSR count). The van der Waals surface area contributed by atoms with E-state index in [1.807, 2.05) is 0 Å². The zero-order chi connectivity index (χ0) is 14.0. The van der Waals surface area contributed by atoms with E-state index < -0.39 is 11.5 Å². The van der Waals surface area contributed by atoms with Crippen LogP contribution in [0.5, 0.6) is 0 Å². The molecule has 0 radical (unpaired) electrons. The maximum Gasteiger partial charge on any atom is 0.323 e. The molecule has 0 saturated carbocycles. The first-order chi connectivity index (χ1) is 8.91. The first-order valence-corrected chi connectivity index (χ1v) is 6.13. The predicted molar refractivity (Wildman–Crippen MR) is 66.7 cm³/mol. The van der Waals surface area contributed by atoms with E-state index in [2.05, 4.69) is 10.5 Å². The minimum Gasteiger partial charge on any atom is -0.480 e. The standard InChI is InChI=1S/C12H17N3O4/c1-8-6-10(19-14-8)13-9(16)7-15-5-3-4-12(15,2)11(17)18/h6H,3-5,7H2,1-2H3,(H,13,16)(H,17,18). The van der Waals surface area contributed by atoms with Gasteiger partial charge in [-0.25, -0.2) is 0 Å².